The number of hydrogen-bond acceptors (Lipinski definition) is 9. The number of aliphatic hydroxyl groups excluding tert-OH is 2. The first-order chi connectivity index (χ1) is 36.7. The molecule has 0 fully saturated rings. The van der Waals surface area contributed by atoms with Crippen molar-refractivity contribution < 1.29 is 79.4 Å². The maximum absolute atomic E-state index is 10.7. The van der Waals surface area contributed by atoms with Crippen molar-refractivity contribution in [2.45, 2.75) is 33.2 Å². The third-order valence-electron chi connectivity index (χ3n) is 10.5. The predicted octanol–water partition coefficient (Wildman–Crippen LogP) is 14.7. The van der Waals surface area contributed by atoms with Gasteiger partial charge in [0, 0.05) is 98.8 Å². The molecule has 78 heavy (non-hydrogen) atoms. The molecule has 412 valence electrons. The quantitative estimate of drug-likeness (QED) is 0.0942. The Morgan fingerprint density at radius 3 is 1.01 bits per heavy atom. The van der Waals surface area contributed by atoms with Gasteiger partial charge in [-0.25, -0.2) is 8.42 Å². The summed E-state index contributed by atoms with van der Waals surface area (Å²) < 4.78 is 58.9. The molecule has 2 radical (unpaired) electrons. The Kier molecular flexibility index (Phi) is 30.3. The van der Waals surface area contributed by atoms with Gasteiger partial charge in [-0.05, 0) is 84.2 Å². The molecule has 0 atom stereocenters. The smallest absolute Gasteiger partial charge is 0.485 e. The molecule has 6 aromatic carbocycles. The molecule has 2 N–H and O–H groups in total. The number of alkyl halides is 3. The van der Waals surface area contributed by atoms with Crippen molar-refractivity contribution in [1.29, 1.82) is 0 Å². The van der Waals surface area contributed by atoms with Crippen LogP contribution in [-0.4, -0.2) is 62.8 Å². The maximum atomic E-state index is 10.7. The first-order valence-corrected chi connectivity index (χ1v) is 24.8. The number of aromatic nitrogens is 4. The number of rotatable bonds is 6. The molecule has 0 spiro atoms. The Morgan fingerprint density at radius 1 is 0.423 bits per heavy atom. The van der Waals surface area contributed by atoms with Crippen molar-refractivity contribution in [2.75, 3.05) is 14.2 Å². The van der Waals surface area contributed by atoms with E-state index in [0.29, 0.717) is 0 Å². The first-order valence-electron chi connectivity index (χ1n) is 23.4. The maximum Gasteiger partial charge on any atom is 0.485 e. The van der Waals surface area contributed by atoms with E-state index in [9.17, 15) is 13.2 Å². The monoisotopic (exact) mass is 1430 g/mol. The van der Waals surface area contributed by atoms with E-state index < -0.39 is 15.6 Å². The van der Waals surface area contributed by atoms with E-state index in [2.05, 4.69) is 125 Å². The summed E-state index contributed by atoms with van der Waals surface area (Å²) in [5, 5.41) is 14.0. The minimum Gasteiger partial charge on any atom is -0.741 e. The Bertz CT molecular complexity index is 3130. The number of hydrogen-bond donors (Lipinski definition) is 2. The second-order valence-electron chi connectivity index (χ2n) is 16.0. The van der Waals surface area contributed by atoms with Crippen LogP contribution in [0.15, 0.2) is 225 Å². The van der Waals surface area contributed by atoms with Crippen LogP contribution in [-0.2, 0) is 50.3 Å². The largest absolute Gasteiger partial charge is 0.741 e. The van der Waals surface area contributed by atoms with Crippen LogP contribution in [0.2, 0.25) is 0 Å². The molecule has 15 heteroatoms. The van der Waals surface area contributed by atoms with E-state index >= 15 is 0 Å². The van der Waals surface area contributed by atoms with Gasteiger partial charge in [-0.15, -0.1) is 108 Å². The summed E-state index contributed by atoms with van der Waals surface area (Å²) in [5.41, 5.74) is 12.2. The minimum absolute atomic E-state index is 0. The van der Waals surface area contributed by atoms with Crippen molar-refractivity contribution in [3.05, 3.63) is 265 Å². The molecule has 0 bridgehead atoms. The normalized spacial score (nSPS) is 9.95. The van der Waals surface area contributed by atoms with Gasteiger partial charge in [0.05, 0.1) is 5.69 Å². The Hall–Kier alpha value is -7.16. The third kappa shape index (κ3) is 22.1. The van der Waals surface area contributed by atoms with Crippen molar-refractivity contribution in [3.63, 3.8) is 0 Å². The Labute approximate surface area is 486 Å². The topological polar surface area (TPSA) is 149 Å². The van der Waals surface area contributed by atoms with Gasteiger partial charge >= 0.3 is 5.51 Å². The Balaban J connectivity index is 0.000000971. The first kappa shape index (κ1) is 66.9. The van der Waals surface area contributed by atoms with Crippen LogP contribution in [0.25, 0.3) is 67.3 Å². The van der Waals surface area contributed by atoms with Crippen LogP contribution in [0.3, 0.4) is 0 Å². The van der Waals surface area contributed by atoms with Crippen molar-refractivity contribution in [2.24, 2.45) is 0 Å². The molecule has 4 heterocycles. The average Bonchev–Trinajstić information content (AvgIpc) is 3.46. The second-order valence-corrected chi connectivity index (χ2v) is 17.4. The molecule has 10 rings (SSSR count). The fraction of sp³-hybridized carbons (Fsp3) is 0.111. The third-order valence-corrected chi connectivity index (χ3v) is 11.1. The van der Waals surface area contributed by atoms with E-state index in [-0.39, 0.29) is 43.1 Å². The summed E-state index contributed by atoms with van der Waals surface area (Å²) in [6, 6.07) is 76.5. The molecule has 0 saturated heterocycles. The molecule has 0 amide bonds. The number of nitrogens with zero attached hydrogens (tertiary/aromatic N) is 4. The molecule has 10 aromatic rings. The fourth-order valence-electron chi connectivity index (χ4n) is 6.78. The van der Waals surface area contributed by atoms with E-state index in [1.165, 1.54) is 44.5 Å². The molecule has 0 aliphatic rings. The zero-order valence-electron chi connectivity index (χ0n) is 43.5. The molecule has 4 aromatic heterocycles. The van der Waals surface area contributed by atoms with Crippen LogP contribution >= 0.6 is 0 Å². The van der Waals surface area contributed by atoms with Gasteiger partial charge in [-0.3, -0.25) is 4.98 Å². The van der Waals surface area contributed by atoms with Gasteiger partial charge in [0.1, 0.15) is 0 Å². The summed E-state index contributed by atoms with van der Waals surface area (Å²) in [6.45, 7) is 8.32. The number of pyridine rings is 4. The summed E-state index contributed by atoms with van der Waals surface area (Å²) in [4.78, 5) is 17.8. The second kappa shape index (κ2) is 35.3. The van der Waals surface area contributed by atoms with Crippen molar-refractivity contribution in [1.82, 2.24) is 19.9 Å². The van der Waals surface area contributed by atoms with E-state index in [0.717, 1.165) is 59.2 Å². The van der Waals surface area contributed by atoms with Crippen LogP contribution in [0.5, 0.6) is 0 Å². The number of halogens is 3. The molecule has 0 saturated carbocycles. The molecule has 0 unspecified atom stereocenters. The number of aliphatic hydroxyl groups is 2. The SMILES string of the molecule is CO.CO.Cc1cc(-c2[c-]cccc2)ncc1-c1ccccc1.Cc1cc(-c2ccccc2)ncc1-c1ccccc1.Cc1ccc(-c2[c-]cccc2)nc1.Cc1ccc(-c2[c-]cccc2)nc1.O=S(=O)([O-])C(F)(F)F.[HH].[HH].[Ir].[Ir]. The van der Waals surface area contributed by atoms with Crippen LogP contribution in [0.4, 0.5) is 13.2 Å². The standard InChI is InChI=1S/C18H15N.C18H14N.2C12H10N.CHF3O3S.2CH4O.2Ir.2H2/c2*1-14-12-18(16-10-6-3-7-11-16)19-13-17(14)15-8-4-2-5-9-15;2*1-10-7-8-12(13-9-10)11-5-3-2-4-6-11;2-1(3,4)8(5,6)7;2*1-2;;;;/h2-13H,1H3;2-10,12-13H,1H3;2*2-5,7-9H,1H3;(H,5,6,7);2*2H,1H3;;;2*1H/q;3*-1;;;;;;;/p-1. The summed E-state index contributed by atoms with van der Waals surface area (Å²) in [6.07, 6.45) is 7.65. The van der Waals surface area contributed by atoms with Crippen molar-refractivity contribution in [3.8, 4) is 67.3 Å². The number of aryl methyl sites for hydroxylation is 4. The predicted molar refractivity (Wildman–Crippen MR) is 301 cm³/mol. The molecule has 9 nitrogen and oxygen atoms in total. The van der Waals surface area contributed by atoms with E-state index in [4.69, 9.17) is 23.2 Å². The van der Waals surface area contributed by atoms with E-state index in [1.54, 1.807) is 0 Å². The van der Waals surface area contributed by atoms with Crippen LogP contribution in [0.1, 0.15) is 25.1 Å². The molecular formula is C63H61F3Ir2N4O5S-4. The Morgan fingerprint density at radius 2 is 0.718 bits per heavy atom. The van der Waals surface area contributed by atoms with Crippen molar-refractivity contribution >= 4 is 10.1 Å². The van der Waals surface area contributed by atoms with Gasteiger partial charge in [-0.1, -0.05) is 121 Å². The number of benzene rings is 6. The summed E-state index contributed by atoms with van der Waals surface area (Å²) in [5.74, 6) is 0. The zero-order valence-corrected chi connectivity index (χ0v) is 49.1. The van der Waals surface area contributed by atoms with Gasteiger partial charge in [0.2, 0.25) is 0 Å². The molecular weight excluding hydrogens is 1370 g/mol. The zero-order chi connectivity index (χ0) is 55.4. The van der Waals surface area contributed by atoms with Gasteiger partial charge in [0.25, 0.3) is 0 Å². The average molecular weight is 1430 g/mol. The molecule has 0 aliphatic heterocycles. The molecule has 0 aliphatic carbocycles. The van der Waals surface area contributed by atoms with Gasteiger partial charge in [-0.2, -0.15) is 13.2 Å². The van der Waals surface area contributed by atoms with Crippen LogP contribution in [0, 0.1) is 45.9 Å². The summed E-state index contributed by atoms with van der Waals surface area (Å²) >= 11 is 0. The van der Waals surface area contributed by atoms with Crippen LogP contribution < -0.4 is 0 Å². The van der Waals surface area contributed by atoms with E-state index in [1.807, 2.05) is 166 Å². The van der Waals surface area contributed by atoms with Gasteiger partial charge in [0.15, 0.2) is 10.1 Å². The fourth-order valence-corrected chi connectivity index (χ4v) is 6.78. The van der Waals surface area contributed by atoms with Gasteiger partial charge < -0.3 is 29.7 Å². The minimum atomic E-state index is -6.09. The summed E-state index contributed by atoms with van der Waals surface area (Å²) in [7, 11) is -4.09.